The first-order chi connectivity index (χ1) is 14.6. The van der Waals surface area contributed by atoms with Gasteiger partial charge in [0.1, 0.15) is 0 Å². The Morgan fingerprint density at radius 3 is 2.23 bits per heavy atom. The number of hydrogen-bond acceptors (Lipinski definition) is 2. The summed E-state index contributed by atoms with van der Waals surface area (Å²) in [4.78, 5) is 29.0. The molecule has 0 bridgehead atoms. The van der Waals surface area contributed by atoms with E-state index >= 15 is 0 Å². The number of urea groups is 1. The van der Waals surface area contributed by atoms with E-state index in [2.05, 4.69) is 43.4 Å². The van der Waals surface area contributed by atoms with Gasteiger partial charge in [0.15, 0.2) is 0 Å². The van der Waals surface area contributed by atoms with Crippen LogP contribution in [0.15, 0.2) is 48.5 Å². The molecule has 2 aromatic carbocycles. The topological polar surface area (TPSA) is 52.6 Å². The Labute approximate surface area is 186 Å². The maximum atomic E-state index is 13.1. The first-order valence-electron chi connectivity index (χ1n) is 11.2. The molecule has 3 amide bonds. The minimum atomic E-state index is -0.0528. The molecule has 1 saturated heterocycles. The van der Waals surface area contributed by atoms with Gasteiger partial charge in [-0.15, -0.1) is 0 Å². The summed E-state index contributed by atoms with van der Waals surface area (Å²) in [5.41, 5.74) is 4.02. The van der Waals surface area contributed by atoms with Gasteiger partial charge in [0.2, 0.25) is 5.91 Å². The van der Waals surface area contributed by atoms with E-state index in [1.54, 1.807) is 0 Å². The van der Waals surface area contributed by atoms with Crippen molar-refractivity contribution in [2.75, 3.05) is 23.3 Å². The molecule has 0 spiro atoms. The van der Waals surface area contributed by atoms with Gasteiger partial charge in [-0.1, -0.05) is 58.9 Å². The van der Waals surface area contributed by atoms with Gasteiger partial charge in [0.25, 0.3) is 0 Å². The van der Waals surface area contributed by atoms with Crippen LogP contribution in [-0.2, 0) is 11.3 Å². The molecule has 1 fully saturated rings. The summed E-state index contributed by atoms with van der Waals surface area (Å²) in [7, 11) is 0. The SMILES string of the molecule is CC(C)c1ccc(CN2CCCN(c3ccc(NC(=O)CC(C)(C)C)cc3)C2=O)cc1. The van der Waals surface area contributed by atoms with Gasteiger partial charge in [0, 0.05) is 37.4 Å². The van der Waals surface area contributed by atoms with Crippen LogP contribution >= 0.6 is 0 Å². The van der Waals surface area contributed by atoms with Gasteiger partial charge in [-0.25, -0.2) is 4.79 Å². The number of carbonyl (C=O) groups is 2. The standard InChI is InChI=1S/C26H35N3O2/c1-19(2)21-9-7-20(8-10-21)18-28-15-6-16-29(25(28)31)23-13-11-22(12-14-23)27-24(30)17-26(3,4)5/h7-14,19H,6,15-18H2,1-5H3,(H,27,30). The molecule has 2 aromatic rings. The molecule has 5 heteroatoms. The van der Waals surface area contributed by atoms with Gasteiger partial charge >= 0.3 is 6.03 Å². The van der Waals surface area contributed by atoms with Crippen LogP contribution in [0.5, 0.6) is 0 Å². The van der Waals surface area contributed by atoms with Crippen LogP contribution in [0.1, 0.15) is 64.5 Å². The number of anilines is 2. The van der Waals surface area contributed by atoms with E-state index in [0.29, 0.717) is 25.4 Å². The van der Waals surface area contributed by atoms with E-state index in [9.17, 15) is 9.59 Å². The van der Waals surface area contributed by atoms with Crippen molar-refractivity contribution in [2.24, 2.45) is 5.41 Å². The number of carbonyl (C=O) groups excluding carboxylic acids is 2. The number of hydrogen-bond donors (Lipinski definition) is 1. The molecule has 0 unspecified atom stereocenters. The van der Waals surface area contributed by atoms with Crippen molar-refractivity contribution in [3.8, 4) is 0 Å². The minimum absolute atomic E-state index is 0.00367. The highest BCUT2D eigenvalue weighted by Crippen LogP contribution is 2.25. The van der Waals surface area contributed by atoms with E-state index in [4.69, 9.17) is 0 Å². The van der Waals surface area contributed by atoms with Crippen LogP contribution in [-0.4, -0.2) is 29.9 Å². The number of nitrogens with zero attached hydrogens (tertiary/aromatic N) is 2. The molecule has 0 atom stereocenters. The molecule has 0 radical (unpaired) electrons. The number of benzene rings is 2. The van der Waals surface area contributed by atoms with Crippen LogP contribution in [0, 0.1) is 5.41 Å². The number of rotatable bonds is 6. The molecule has 1 aliphatic heterocycles. The largest absolute Gasteiger partial charge is 0.326 e. The molecular formula is C26H35N3O2. The summed E-state index contributed by atoms with van der Waals surface area (Å²) < 4.78 is 0. The molecule has 0 saturated carbocycles. The van der Waals surface area contributed by atoms with Crippen molar-refractivity contribution in [1.29, 1.82) is 0 Å². The van der Waals surface area contributed by atoms with Crippen molar-refractivity contribution in [3.63, 3.8) is 0 Å². The second-order valence-corrected chi connectivity index (χ2v) is 9.94. The molecule has 166 valence electrons. The van der Waals surface area contributed by atoms with E-state index in [-0.39, 0.29) is 17.4 Å². The second-order valence-electron chi connectivity index (χ2n) is 9.94. The van der Waals surface area contributed by atoms with Gasteiger partial charge in [-0.3, -0.25) is 9.69 Å². The quantitative estimate of drug-likeness (QED) is 0.620. The lowest BCUT2D eigenvalue weighted by Gasteiger charge is -2.35. The molecule has 1 heterocycles. The molecular weight excluding hydrogens is 386 g/mol. The van der Waals surface area contributed by atoms with E-state index < -0.39 is 0 Å². The summed E-state index contributed by atoms with van der Waals surface area (Å²) in [5.74, 6) is 0.506. The lowest BCUT2D eigenvalue weighted by Crippen LogP contribution is -2.49. The third kappa shape index (κ3) is 6.33. The summed E-state index contributed by atoms with van der Waals surface area (Å²) >= 11 is 0. The average Bonchev–Trinajstić information content (AvgIpc) is 2.69. The van der Waals surface area contributed by atoms with Gasteiger partial charge < -0.3 is 10.2 Å². The Hall–Kier alpha value is -2.82. The Morgan fingerprint density at radius 1 is 1.00 bits per heavy atom. The first kappa shape index (κ1) is 22.9. The lowest BCUT2D eigenvalue weighted by atomic mass is 9.92. The summed E-state index contributed by atoms with van der Waals surface area (Å²) in [5, 5.41) is 2.94. The minimum Gasteiger partial charge on any atom is -0.326 e. The highest BCUT2D eigenvalue weighted by atomic mass is 16.2. The van der Waals surface area contributed by atoms with Crippen molar-refractivity contribution in [1.82, 2.24) is 4.90 Å². The van der Waals surface area contributed by atoms with Crippen LogP contribution in [0.4, 0.5) is 16.2 Å². The van der Waals surface area contributed by atoms with Gasteiger partial charge in [0.05, 0.1) is 0 Å². The Morgan fingerprint density at radius 2 is 1.65 bits per heavy atom. The maximum Gasteiger partial charge on any atom is 0.324 e. The third-order valence-corrected chi connectivity index (χ3v) is 5.48. The molecule has 0 aromatic heterocycles. The van der Waals surface area contributed by atoms with Crippen molar-refractivity contribution >= 4 is 23.3 Å². The molecule has 5 nitrogen and oxygen atoms in total. The highest BCUT2D eigenvalue weighted by molar-refractivity contribution is 5.94. The summed E-state index contributed by atoms with van der Waals surface area (Å²) in [6.07, 6.45) is 1.40. The van der Waals surface area contributed by atoms with Crippen molar-refractivity contribution in [2.45, 2.75) is 59.9 Å². The van der Waals surface area contributed by atoms with Gasteiger partial charge in [-0.2, -0.15) is 0 Å². The van der Waals surface area contributed by atoms with Crippen LogP contribution in [0.3, 0.4) is 0 Å². The van der Waals surface area contributed by atoms with E-state index in [0.717, 1.165) is 29.9 Å². The Bertz CT molecular complexity index is 896. The zero-order valence-electron chi connectivity index (χ0n) is 19.4. The van der Waals surface area contributed by atoms with Crippen molar-refractivity contribution in [3.05, 3.63) is 59.7 Å². The Kier molecular flexibility index (Phi) is 7.04. The molecule has 1 aliphatic rings. The van der Waals surface area contributed by atoms with E-state index in [1.807, 2.05) is 54.8 Å². The number of amides is 3. The van der Waals surface area contributed by atoms with Crippen LogP contribution in [0.2, 0.25) is 0 Å². The Balaban J connectivity index is 1.63. The third-order valence-electron chi connectivity index (χ3n) is 5.48. The fourth-order valence-corrected chi connectivity index (χ4v) is 3.81. The fourth-order valence-electron chi connectivity index (χ4n) is 3.81. The predicted molar refractivity (Wildman–Crippen MR) is 127 cm³/mol. The normalized spacial score (nSPS) is 14.8. The zero-order chi connectivity index (χ0) is 22.6. The summed E-state index contributed by atoms with van der Waals surface area (Å²) in [6, 6.07) is 16.1. The second kappa shape index (κ2) is 9.54. The van der Waals surface area contributed by atoms with Crippen LogP contribution < -0.4 is 10.2 Å². The summed E-state index contributed by atoms with van der Waals surface area (Å²) in [6.45, 7) is 12.6. The lowest BCUT2D eigenvalue weighted by molar-refractivity contribution is -0.117. The maximum absolute atomic E-state index is 13.1. The zero-order valence-corrected chi connectivity index (χ0v) is 19.4. The number of nitrogens with one attached hydrogen (secondary N) is 1. The van der Waals surface area contributed by atoms with Gasteiger partial charge in [-0.05, 0) is 53.1 Å². The first-order valence-corrected chi connectivity index (χ1v) is 11.2. The van der Waals surface area contributed by atoms with Crippen molar-refractivity contribution < 1.29 is 9.59 Å². The van der Waals surface area contributed by atoms with Crippen LogP contribution in [0.25, 0.3) is 0 Å². The highest BCUT2D eigenvalue weighted by Gasteiger charge is 2.27. The van der Waals surface area contributed by atoms with E-state index in [1.165, 1.54) is 5.56 Å². The smallest absolute Gasteiger partial charge is 0.324 e. The molecule has 1 N–H and O–H groups in total. The predicted octanol–water partition coefficient (Wildman–Crippen LogP) is 6.02. The monoisotopic (exact) mass is 421 g/mol. The molecule has 3 rings (SSSR count). The average molecular weight is 422 g/mol. The molecule has 31 heavy (non-hydrogen) atoms. The fraction of sp³-hybridized carbons (Fsp3) is 0.462. The molecule has 0 aliphatic carbocycles.